The molecule has 2 aromatic rings. The van der Waals surface area contributed by atoms with Crippen molar-refractivity contribution in [3.05, 3.63) is 47.3 Å². The molecule has 2 rings (SSSR count). The van der Waals surface area contributed by atoms with Crippen LogP contribution in [-0.2, 0) is 11.2 Å². The van der Waals surface area contributed by atoms with E-state index in [0.717, 1.165) is 17.0 Å². The van der Waals surface area contributed by atoms with Crippen molar-refractivity contribution in [3.8, 4) is 5.75 Å². The van der Waals surface area contributed by atoms with E-state index in [-0.39, 0.29) is 12.5 Å². The molecular weight excluding hydrogens is 256 g/mol. The third-order valence-corrected chi connectivity index (χ3v) is 2.77. The summed E-state index contributed by atoms with van der Waals surface area (Å²) in [6, 6.07) is 9.44. The number of carbonyl (C=O) groups excluding carboxylic acids is 1. The van der Waals surface area contributed by atoms with Gasteiger partial charge in [0, 0.05) is 19.0 Å². The number of nitrogens with one attached hydrogen (secondary N) is 1. The zero-order valence-corrected chi connectivity index (χ0v) is 11.7. The Morgan fingerprint density at radius 2 is 2.05 bits per heavy atom. The molecule has 0 bridgehead atoms. The Balaban J connectivity index is 1.66. The predicted molar refractivity (Wildman–Crippen MR) is 74.6 cm³/mol. The van der Waals surface area contributed by atoms with Crippen LogP contribution in [0.2, 0.25) is 0 Å². The van der Waals surface area contributed by atoms with Crippen LogP contribution in [0, 0.1) is 13.8 Å². The Bertz CT molecular complexity index is 561. The molecule has 0 atom stereocenters. The summed E-state index contributed by atoms with van der Waals surface area (Å²) >= 11 is 0. The third-order valence-electron chi connectivity index (χ3n) is 2.77. The fraction of sp³-hybridized carbons (Fsp3) is 0.333. The van der Waals surface area contributed by atoms with Gasteiger partial charge in [0.25, 0.3) is 5.91 Å². The van der Waals surface area contributed by atoms with Crippen LogP contribution in [0.1, 0.15) is 17.0 Å². The van der Waals surface area contributed by atoms with Crippen LogP contribution in [0.5, 0.6) is 5.75 Å². The molecule has 0 fully saturated rings. The second-order valence-electron chi connectivity index (χ2n) is 4.63. The van der Waals surface area contributed by atoms with Crippen molar-refractivity contribution in [2.45, 2.75) is 20.3 Å². The third kappa shape index (κ3) is 4.42. The molecule has 0 saturated carbocycles. The van der Waals surface area contributed by atoms with Crippen molar-refractivity contribution in [1.82, 2.24) is 10.5 Å². The van der Waals surface area contributed by atoms with E-state index in [1.54, 1.807) is 0 Å². The first kappa shape index (κ1) is 14.1. The zero-order valence-electron chi connectivity index (χ0n) is 11.7. The fourth-order valence-electron chi connectivity index (χ4n) is 1.70. The minimum absolute atomic E-state index is 0.0148. The monoisotopic (exact) mass is 274 g/mol. The standard InChI is InChI=1S/C15H18N2O3/c1-11-3-5-14(6-4-11)19-10-15(18)16-8-7-13-9-12(2)20-17-13/h3-6,9H,7-8,10H2,1-2H3,(H,16,18). The highest BCUT2D eigenvalue weighted by Gasteiger charge is 2.04. The number of aromatic nitrogens is 1. The Morgan fingerprint density at radius 1 is 1.30 bits per heavy atom. The number of ether oxygens (including phenoxy) is 1. The van der Waals surface area contributed by atoms with Crippen molar-refractivity contribution >= 4 is 5.91 Å². The van der Waals surface area contributed by atoms with E-state index in [1.165, 1.54) is 0 Å². The summed E-state index contributed by atoms with van der Waals surface area (Å²) in [5, 5.41) is 6.63. The van der Waals surface area contributed by atoms with E-state index in [4.69, 9.17) is 9.26 Å². The van der Waals surface area contributed by atoms with E-state index in [9.17, 15) is 4.79 Å². The van der Waals surface area contributed by atoms with Crippen molar-refractivity contribution in [1.29, 1.82) is 0 Å². The molecule has 1 amide bonds. The van der Waals surface area contributed by atoms with Gasteiger partial charge in [-0.2, -0.15) is 0 Å². The summed E-state index contributed by atoms with van der Waals surface area (Å²) in [6.45, 7) is 4.37. The van der Waals surface area contributed by atoms with Gasteiger partial charge in [-0.05, 0) is 26.0 Å². The number of benzene rings is 1. The predicted octanol–water partition coefficient (Wildman–Crippen LogP) is 2.03. The number of rotatable bonds is 6. The lowest BCUT2D eigenvalue weighted by Crippen LogP contribution is -2.30. The van der Waals surface area contributed by atoms with Crippen LogP contribution in [0.15, 0.2) is 34.9 Å². The molecule has 5 nitrogen and oxygen atoms in total. The Labute approximate surface area is 117 Å². The summed E-state index contributed by atoms with van der Waals surface area (Å²) in [7, 11) is 0. The Hall–Kier alpha value is -2.30. The van der Waals surface area contributed by atoms with Crippen LogP contribution in [0.25, 0.3) is 0 Å². The number of hydrogen-bond donors (Lipinski definition) is 1. The average Bonchev–Trinajstić information content (AvgIpc) is 2.84. The van der Waals surface area contributed by atoms with Crippen molar-refractivity contribution in [3.63, 3.8) is 0 Å². The van der Waals surface area contributed by atoms with Crippen molar-refractivity contribution < 1.29 is 14.1 Å². The highest BCUT2D eigenvalue weighted by atomic mass is 16.5. The van der Waals surface area contributed by atoms with Gasteiger partial charge in [-0.1, -0.05) is 22.9 Å². The van der Waals surface area contributed by atoms with Crippen LogP contribution >= 0.6 is 0 Å². The van der Waals surface area contributed by atoms with Gasteiger partial charge in [0.05, 0.1) is 5.69 Å². The minimum atomic E-state index is -0.147. The fourth-order valence-corrected chi connectivity index (χ4v) is 1.70. The van der Waals surface area contributed by atoms with Crippen LogP contribution < -0.4 is 10.1 Å². The summed E-state index contributed by atoms with van der Waals surface area (Å²) in [4.78, 5) is 11.6. The van der Waals surface area contributed by atoms with Gasteiger partial charge in [0.2, 0.25) is 0 Å². The molecule has 0 aliphatic rings. The van der Waals surface area contributed by atoms with E-state index in [2.05, 4.69) is 10.5 Å². The molecular formula is C15H18N2O3. The maximum absolute atomic E-state index is 11.6. The maximum atomic E-state index is 11.6. The number of nitrogens with zero attached hydrogens (tertiary/aromatic N) is 1. The molecule has 0 saturated heterocycles. The molecule has 0 unspecified atom stereocenters. The minimum Gasteiger partial charge on any atom is -0.484 e. The molecule has 106 valence electrons. The molecule has 0 spiro atoms. The topological polar surface area (TPSA) is 64.4 Å². The van der Waals surface area contributed by atoms with Crippen LogP contribution in [-0.4, -0.2) is 24.2 Å². The number of amides is 1. The molecule has 20 heavy (non-hydrogen) atoms. The van der Waals surface area contributed by atoms with Gasteiger partial charge in [0.15, 0.2) is 6.61 Å². The first-order chi connectivity index (χ1) is 9.63. The molecule has 1 heterocycles. The number of carbonyl (C=O) groups is 1. The quantitative estimate of drug-likeness (QED) is 0.875. The lowest BCUT2D eigenvalue weighted by molar-refractivity contribution is -0.123. The van der Waals surface area contributed by atoms with E-state index in [0.29, 0.717) is 18.7 Å². The SMILES string of the molecule is Cc1ccc(OCC(=O)NCCc2cc(C)on2)cc1. The Morgan fingerprint density at radius 3 is 2.70 bits per heavy atom. The van der Waals surface area contributed by atoms with Crippen LogP contribution in [0.3, 0.4) is 0 Å². The summed E-state index contributed by atoms with van der Waals surface area (Å²) < 4.78 is 10.3. The molecule has 1 aromatic carbocycles. The highest BCUT2D eigenvalue weighted by Crippen LogP contribution is 2.10. The molecule has 1 aromatic heterocycles. The van der Waals surface area contributed by atoms with Crippen molar-refractivity contribution in [2.75, 3.05) is 13.2 Å². The summed E-state index contributed by atoms with van der Waals surface area (Å²) in [6.07, 6.45) is 0.646. The van der Waals surface area contributed by atoms with Gasteiger partial charge in [-0.15, -0.1) is 0 Å². The molecule has 0 aliphatic heterocycles. The summed E-state index contributed by atoms with van der Waals surface area (Å²) in [5.74, 6) is 1.32. The molecule has 5 heteroatoms. The van der Waals surface area contributed by atoms with Gasteiger partial charge in [-0.25, -0.2) is 0 Å². The second-order valence-corrected chi connectivity index (χ2v) is 4.63. The van der Waals surface area contributed by atoms with Gasteiger partial charge >= 0.3 is 0 Å². The molecule has 0 radical (unpaired) electrons. The first-order valence-corrected chi connectivity index (χ1v) is 6.52. The maximum Gasteiger partial charge on any atom is 0.257 e. The molecule has 0 aliphatic carbocycles. The van der Waals surface area contributed by atoms with Gasteiger partial charge < -0.3 is 14.6 Å². The van der Waals surface area contributed by atoms with Gasteiger partial charge in [0.1, 0.15) is 11.5 Å². The Kier molecular flexibility index (Phi) is 4.76. The van der Waals surface area contributed by atoms with Gasteiger partial charge in [-0.3, -0.25) is 4.79 Å². The average molecular weight is 274 g/mol. The van der Waals surface area contributed by atoms with E-state index >= 15 is 0 Å². The highest BCUT2D eigenvalue weighted by molar-refractivity contribution is 5.77. The number of aryl methyl sites for hydroxylation is 2. The number of hydrogen-bond acceptors (Lipinski definition) is 4. The van der Waals surface area contributed by atoms with Crippen molar-refractivity contribution in [2.24, 2.45) is 0 Å². The molecule has 1 N–H and O–H groups in total. The first-order valence-electron chi connectivity index (χ1n) is 6.52. The zero-order chi connectivity index (χ0) is 14.4. The lowest BCUT2D eigenvalue weighted by atomic mass is 10.2. The normalized spacial score (nSPS) is 10.3. The van der Waals surface area contributed by atoms with E-state index in [1.807, 2.05) is 44.2 Å². The second kappa shape index (κ2) is 6.75. The van der Waals surface area contributed by atoms with E-state index < -0.39 is 0 Å². The summed E-state index contributed by atoms with van der Waals surface area (Å²) in [5.41, 5.74) is 1.99. The largest absolute Gasteiger partial charge is 0.484 e. The smallest absolute Gasteiger partial charge is 0.257 e. The van der Waals surface area contributed by atoms with Crippen LogP contribution in [0.4, 0.5) is 0 Å². The lowest BCUT2D eigenvalue weighted by Gasteiger charge is -2.07.